The normalized spacial score (nSPS) is 13.2. The summed E-state index contributed by atoms with van der Waals surface area (Å²) in [7, 11) is 0.0000362. The molecule has 27 heavy (non-hydrogen) atoms. The van der Waals surface area contributed by atoms with Gasteiger partial charge in [0, 0.05) is 11.1 Å². The molecule has 5 heteroatoms. The van der Waals surface area contributed by atoms with E-state index in [1.807, 2.05) is 65.8 Å². The van der Waals surface area contributed by atoms with E-state index < -0.39 is 7.29 Å². The van der Waals surface area contributed by atoms with Gasteiger partial charge in [0.25, 0.3) is 0 Å². The van der Waals surface area contributed by atoms with Crippen molar-refractivity contribution in [3.05, 3.63) is 47.5 Å². The molecule has 0 aliphatic heterocycles. The van der Waals surface area contributed by atoms with Gasteiger partial charge in [-0.1, -0.05) is 65.8 Å². The summed E-state index contributed by atoms with van der Waals surface area (Å²) in [4.78, 5) is 0. The number of rotatable bonds is 3. The molecule has 2 aromatic rings. The van der Waals surface area contributed by atoms with Crippen LogP contribution in [0.2, 0.25) is 0 Å². The minimum absolute atomic E-state index is 0.0302. The zero-order chi connectivity index (χ0) is 20.8. The molecule has 0 saturated carbocycles. The first-order valence-electron chi connectivity index (χ1n) is 9.16. The second-order valence-electron chi connectivity index (χ2n) is 9.27. The molecule has 2 rings (SSSR count). The lowest BCUT2D eigenvalue weighted by atomic mass is 9.86. The van der Waals surface area contributed by atoms with E-state index in [1.54, 1.807) is 30.9 Å². The summed E-state index contributed by atoms with van der Waals surface area (Å²) in [5, 5.41) is 22.7. The van der Waals surface area contributed by atoms with E-state index in [1.165, 1.54) is 0 Å². The standard InChI is InChI=1S/C22H32NO3P/c1-21(2,3)15-11-9-13-17(19(15)24)27(26,23(7)8)18-14-10-12-16(20(18)25)22(4,5)6/h9-14,24-25H,1-8H3. The minimum atomic E-state index is -3.43. The molecule has 0 saturated heterocycles. The van der Waals surface area contributed by atoms with Gasteiger partial charge in [0.05, 0.1) is 10.6 Å². The summed E-state index contributed by atoms with van der Waals surface area (Å²) in [6, 6.07) is 10.7. The Hall–Kier alpha value is -1.77. The Bertz CT molecular complexity index is 822. The topological polar surface area (TPSA) is 60.8 Å². The molecular formula is C22H32NO3P. The molecule has 0 bridgehead atoms. The Kier molecular flexibility index (Phi) is 5.58. The molecule has 0 radical (unpaired) electrons. The second kappa shape index (κ2) is 7.00. The molecule has 2 N–H and O–H groups in total. The minimum Gasteiger partial charge on any atom is -0.507 e. The fourth-order valence-electron chi connectivity index (χ4n) is 3.32. The Morgan fingerprint density at radius 1 is 0.741 bits per heavy atom. The van der Waals surface area contributed by atoms with Gasteiger partial charge >= 0.3 is 0 Å². The number of para-hydroxylation sites is 2. The van der Waals surface area contributed by atoms with Crippen LogP contribution in [-0.4, -0.2) is 29.0 Å². The lowest BCUT2D eigenvalue weighted by Crippen LogP contribution is -2.29. The molecule has 0 spiro atoms. The third-order valence-electron chi connectivity index (χ3n) is 4.86. The van der Waals surface area contributed by atoms with Gasteiger partial charge in [-0.3, -0.25) is 9.24 Å². The van der Waals surface area contributed by atoms with E-state index in [0.717, 1.165) is 11.1 Å². The average molecular weight is 389 g/mol. The average Bonchev–Trinajstić information content (AvgIpc) is 2.52. The summed E-state index contributed by atoms with van der Waals surface area (Å²) in [6.07, 6.45) is 0. The molecule has 0 fully saturated rings. The highest BCUT2D eigenvalue weighted by molar-refractivity contribution is 7.77. The first-order chi connectivity index (χ1) is 12.2. The van der Waals surface area contributed by atoms with Crippen molar-refractivity contribution in [3.63, 3.8) is 0 Å². The molecule has 0 atom stereocenters. The highest BCUT2D eigenvalue weighted by Crippen LogP contribution is 2.52. The summed E-state index contributed by atoms with van der Waals surface area (Å²) >= 11 is 0. The first kappa shape index (κ1) is 21.5. The first-order valence-corrected chi connectivity index (χ1v) is 10.8. The molecular weight excluding hydrogens is 357 g/mol. The maximum atomic E-state index is 14.3. The van der Waals surface area contributed by atoms with Gasteiger partial charge in [0.15, 0.2) is 0 Å². The van der Waals surface area contributed by atoms with Crippen molar-refractivity contribution in [1.82, 2.24) is 4.67 Å². The van der Waals surface area contributed by atoms with Gasteiger partial charge in [-0.25, -0.2) is 0 Å². The van der Waals surface area contributed by atoms with E-state index >= 15 is 0 Å². The fraction of sp³-hybridized carbons (Fsp3) is 0.455. The maximum Gasteiger partial charge on any atom is 0.214 e. The van der Waals surface area contributed by atoms with E-state index in [4.69, 9.17) is 0 Å². The summed E-state index contributed by atoms with van der Waals surface area (Å²) in [5.74, 6) is 0.0604. The van der Waals surface area contributed by atoms with Crippen LogP contribution in [0.3, 0.4) is 0 Å². The predicted octanol–water partition coefficient (Wildman–Crippen LogP) is 4.48. The van der Waals surface area contributed by atoms with Crippen LogP contribution in [0.1, 0.15) is 52.7 Å². The molecule has 0 amide bonds. The monoisotopic (exact) mass is 389 g/mol. The van der Waals surface area contributed by atoms with Crippen molar-refractivity contribution in [1.29, 1.82) is 0 Å². The third kappa shape index (κ3) is 3.79. The fourth-order valence-corrected chi connectivity index (χ4v) is 5.84. The van der Waals surface area contributed by atoms with E-state index in [0.29, 0.717) is 10.6 Å². The Labute approximate surface area is 163 Å². The van der Waals surface area contributed by atoms with Gasteiger partial charge in [-0.2, -0.15) is 0 Å². The van der Waals surface area contributed by atoms with Crippen LogP contribution in [0.15, 0.2) is 36.4 Å². The number of phenolic OH excluding ortho intramolecular Hbond substituents is 2. The molecule has 148 valence electrons. The van der Waals surface area contributed by atoms with Crippen LogP contribution >= 0.6 is 7.29 Å². The lowest BCUT2D eigenvalue weighted by Gasteiger charge is -2.31. The molecule has 0 aliphatic carbocycles. The SMILES string of the molecule is CN(C)P(=O)(c1cccc(C(C)(C)C)c1O)c1cccc(C(C)(C)C)c1O. The van der Waals surface area contributed by atoms with Gasteiger partial charge in [-0.15, -0.1) is 0 Å². The number of benzene rings is 2. The maximum absolute atomic E-state index is 14.3. The van der Waals surface area contributed by atoms with Gasteiger partial charge in [0.1, 0.15) is 11.5 Å². The second-order valence-corrected chi connectivity index (χ2v) is 12.2. The van der Waals surface area contributed by atoms with Crippen molar-refractivity contribution >= 4 is 17.9 Å². The van der Waals surface area contributed by atoms with E-state index in [-0.39, 0.29) is 22.3 Å². The Morgan fingerprint density at radius 2 is 1.07 bits per heavy atom. The lowest BCUT2D eigenvalue weighted by molar-refractivity contribution is 0.446. The number of hydrogen-bond donors (Lipinski definition) is 2. The number of nitrogens with zero attached hydrogens (tertiary/aromatic N) is 1. The molecule has 2 aromatic carbocycles. The predicted molar refractivity (Wildman–Crippen MR) is 114 cm³/mol. The Morgan fingerprint density at radius 3 is 1.33 bits per heavy atom. The highest BCUT2D eigenvalue weighted by Gasteiger charge is 2.38. The number of aromatic hydroxyl groups is 2. The van der Waals surface area contributed by atoms with Crippen molar-refractivity contribution in [2.45, 2.75) is 52.4 Å². The van der Waals surface area contributed by atoms with Crippen LogP contribution in [0.5, 0.6) is 11.5 Å². The van der Waals surface area contributed by atoms with Crippen molar-refractivity contribution in [2.24, 2.45) is 0 Å². The zero-order valence-electron chi connectivity index (χ0n) is 17.7. The van der Waals surface area contributed by atoms with Gasteiger partial charge in [0.2, 0.25) is 7.29 Å². The summed E-state index contributed by atoms with van der Waals surface area (Å²) in [5.41, 5.74) is 0.862. The van der Waals surface area contributed by atoms with Gasteiger partial charge < -0.3 is 10.2 Å². The van der Waals surface area contributed by atoms with Crippen LogP contribution < -0.4 is 10.6 Å². The molecule has 0 aromatic heterocycles. The summed E-state index contributed by atoms with van der Waals surface area (Å²) < 4.78 is 15.9. The van der Waals surface area contributed by atoms with Crippen LogP contribution in [0, 0.1) is 0 Å². The number of phenols is 2. The molecule has 0 heterocycles. The van der Waals surface area contributed by atoms with Crippen molar-refractivity contribution in [3.8, 4) is 11.5 Å². The summed E-state index contributed by atoms with van der Waals surface area (Å²) in [6.45, 7) is 12.0. The quantitative estimate of drug-likeness (QED) is 0.760. The zero-order valence-corrected chi connectivity index (χ0v) is 18.6. The van der Waals surface area contributed by atoms with Crippen molar-refractivity contribution < 1.29 is 14.8 Å². The Balaban J connectivity index is 2.86. The molecule has 4 nitrogen and oxygen atoms in total. The molecule has 0 aliphatic rings. The van der Waals surface area contributed by atoms with Crippen LogP contribution in [0.4, 0.5) is 0 Å². The van der Waals surface area contributed by atoms with E-state index in [9.17, 15) is 14.8 Å². The van der Waals surface area contributed by atoms with Crippen LogP contribution in [-0.2, 0) is 15.4 Å². The highest BCUT2D eigenvalue weighted by atomic mass is 31.2. The van der Waals surface area contributed by atoms with Crippen LogP contribution in [0.25, 0.3) is 0 Å². The van der Waals surface area contributed by atoms with Gasteiger partial charge in [-0.05, 0) is 37.1 Å². The van der Waals surface area contributed by atoms with E-state index in [2.05, 4.69) is 0 Å². The van der Waals surface area contributed by atoms with Crippen molar-refractivity contribution in [2.75, 3.05) is 14.1 Å². The smallest absolute Gasteiger partial charge is 0.214 e. The third-order valence-corrected chi connectivity index (χ3v) is 8.02. The largest absolute Gasteiger partial charge is 0.507 e. The molecule has 0 unspecified atom stereocenters. The number of hydrogen-bond acceptors (Lipinski definition) is 3.